The molecule has 0 saturated carbocycles. The van der Waals surface area contributed by atoms with Crippen LogP contribution in [-0.2, 0) is 14.8 Å². The zero-order chi connectivity index (χ0) is 17.6. The first kappa shape index (κ1) is 15.9. The van der Waals surface area contributed by atoms with Crippen molar-refractivity contribution in [3.63, 3.8) is 0 Å². The van der Waals surface area contributed by atoms with Crippen molar-refractivity contribution in [3.8, 4) is 10.6 Å². The van der Waals surface area contributed by atoms with Gasteiger partial charge in [-0.25, -0.2) is 8.42 Å². The predicted molar refractivity (Wildman–Crippen MR) is 96.2 cm³/mol. The molecule has 2 aromatic heterocycles. The predicted octanol–water partition coefficient (Wildman–Crippen LogP) is 2.59. The van der Waals surface area contributed by atoms with E-state index in [1.165, 1.54) is 0 Å². The molecule has 0 radical (unpaired) electrons. The Morgan fingerprint density at radius 2 is 2.00 bits per heavy atom. The Balaban J connectivity index is 1.76. The lowest BCUT2D eigenvalue weighted by atomic mass is 10.2. The standard InChI is InChI=1S/C16H14N4O3S2/c1-10-8-12(19-18-10)14-6-7-16(24-14)25(22,23)20-9-15(21)17-11-4-2-3-5-13(11)20/h2-8H,9H2,1H3,(H,17,21)(H,18,19). The average molecular weight is 374 g/mol. The fourth-order valence-electron chi connectivity index (χ4n) is 2.67. The minimum Gasteiger partial charge on any atom is -0.323 e. The number of sulfonamides is 1. The van der Waals surface area contributed by atoms with Gasteiger partial charge in [0.1, 0.15) is 16.4 Å². The number of para-hydroxylation sites is 2. The lowest BCUT2D eigenvalue weighted by Gasteiger charge is -2.29. The fraction of sp³-hybridized carbons (Fsp3) is 0.125. The van der Waals surface area contributed by atoms with Crippen LogP contribution in [0.3, 0.4) is 0 Å². The molecule has 0 saturated heterocycles. The van der Waals surface area contributed by atoms with Gasteiger partial charge in [0, 0.05) is 5.69 Å². The fourth-order valence-corrected chi connectivity index (χ4v) is 5.49. The molecule has 0 spiro atoms. The van der Waals surface area contributed by atoms with Crippen molar-refractivity contribution in [1.82, 2.24) is 10.2 Å². The zero-order valence-corrected chi connectivity index (χ0v) is 14.8. The van der Waals surface area contributed by atoms with Gasteiger partial charge in [-0.1, -0.05) is 12.1 Å². The average Bonchev–Trinajstić information content (AvgIpc) is 3.23. The monoisotopic (exact) mass is 374 g/mol. The Labute approximate surface area is 148 Å². The third-order valence-electron chi connectivity index (χ3n) is 3.82. The first-order valence-electron chi connectivity index (χ1n) is 7.49. The van der Waals surface area contributed by atoms with E-state index in [1.807, 2.05) is 13.0 Å². The summed E-state index contributed by atoms with van der Waals surface area (Å²) in [5.41, 5.74) is 2.55. The lowest BCUT2D eigenvalue weighted by Crippen LogP contribution is -2.41. The van der Waals surface area contributed by atoms with Crippen LogP contribution in [0.15, 0.2) is 46.7 Å². The number of anilines is 2. The molecule has 25 heavy (non-hydrogen) atoms. The van der Waals surface area contributed by atoms with Crippen molar-refractivity contribution in [2.45, 2.75) is 11.1 Å². The second kappa shape index (κ2) is 5.71. The topological polar surface area (TPSA) is 95.2 Å². The van der Waals surface area contributed by atoms with E-state index in [0.29, 0.717) is 17.1 Å². The van der Waals surface area contributed by atoms with Crippen LogP contribution in [0.5, 0.6) is 0 Å². The molecule has 2 N–H and O–H groups in total. The third kappa shape index (κ3) is 2.71. The summed E-state index contributed by atoms with van der Waals surface area (Å²) in [4.78, 5) is 12.7. The van der Waals surface area contributed by atoms with Gasteiger partial charge in [0.15, 0.2) is 0 Å². The Morgan fingerprint density at radius 1 is 1.20 bits per heavy atom. The number of carbonyl (C=O) groups excluding carboxylic acids is 1. The van der Waals surface area contributed by atoms with Crippen LogP contribution < -0.4 is 9.62 Å². The van der Waals surface area contributed by atoms with Crippen LogP contribution in [0.25, 0.3) is 10.6 Å². The molecule has 3 aromatic rings. The quantitative estimate of drug-likeness (QED) is 0.737. The van der Waals surface area contributed by atoms with Gasteiger partial charge in [0.05, 0.1) is 16.3 Å². The Kier molecular flexibility index (Phi) is 3.62. The van der Waals surface area contributed by atoms with Crippen LogP contribution in [0.4, 0.5) is 11.4 Å². The number of hydrogen-bond donors (Lipinski definition) is 2. The summed E-state index contributed by atoms with van der Waals surface area (Å²) in [6.07, 6.45) is 0. The van der Waals surface area contributed by atoms with Crippen molar-refractivity contribution in [1.29, 1.82) is 0 Å². The van der Waals surface area contributed by atoms with Gasteiger partial charge < -0.3 is 5.32 Å². The Bertz CT molecular complexity index is 1070. The molecule has 0 aliphatic carbocycles. The zero-order valence-electron chi connectivity index (χ0n) is 13.2. The van der Waals surface area contributed by atoms with Crippen molar-refractivity contribution < 1.29 is 13.2 Å². The summed E-state index contributed by atoms with van der Waals surface area (Å²) >= 11 is 1.13. The number of benzene rings is 1. The smallest absolute Gasteiger partial charge is 0.274 e. The largest absolute Gasteiger partial charge is 0.323 e. The van der Waals surface area contributed by atoms with Crippen LogP contribution in [0.2, 0.25) is 0 Å². The molecule has 0 atom stereocenters. The first-order valence-corrected chi connectivity index (χ1v) is 9.74. The molecular formula is C16H14N4O3S2. The second-order valence-corrected chi connectivity index (χ2v) is 8.80. The molecule has 7 nitrogen and oxygen atoms in total. The molecule has 0 bridgehead atoms. The molecule has 1 aliphatic rings. The molecular weight excluding hydrogens is 360 g/mol. The Hall–Kier alpha value is -2.65. The number of hydrogen-bond acceptors (Lipinski definition) is 5. The SMILES string of the molecule is Cc1cc(-c2ccc(S(=O)(=O)N3CC(=O)Nc4ccccc43)s2)n[nH]1. The summed E-state index contributed by atoms with van der Waals surface area (Å²) < 4.78 is 27.5. The highest BCUT2D eigenvalue weighted by molar-refractivity contribution is 7.94. The van der Waals surface area contributed by atoms with Gasteiger partial charge in [-0.15, -0.1) is 11.3 Å². The van der Waals surface area contributed by atoms with Crippen LogP contribution in [0.1, 0.15) is 5.69 Å². The molecule has 4 rings (SSSR count). The van der Waals surface area contributed by atoms with Gasteiger partial charge in [-0.05, 0) is 37.3 Å². The minimum atomic E-state index is -3.84. The molecule has 128 valence electrons. The summed E-state index contributed by atoms with van der Waals surface area (Å²) in [7, 11) is -3.84. The maximum absolute atomic E-state index is 13.1. The van der Waals surface area contributed by atoms with Crippen molar-refractivity contribution >= 4 is 38.6 Å². The number of aromatic amines is 1. The lowest BCUT2D eigenvalue weighted by molar-refractivity contribution is -0.115. The number of rotatable bonds is 3. The van der Waals surface area contributed by atoms with Crippen molar-refractivity contribution in [2.24, 2.45) is 0 Å². The number of aryl methyl sites for hydroxylation is 1. The maximum Gasteiger partial charge on any atom is 0.274 e. The van der Waals surface area contributed by atoms with E-state index >= 15 is 0 Å². The first-order chi connectivity index (χ1) is 11.9. The number of nitrogens with one attached hydrogen (secondary N) is 2. The van der Waals surface area contributed by atoms with Crippen LogP contribution >= 0.6 is 11.3 Å². The molecule has 0 unspecified atom stereocenters. The number of carbonyl (C=O) groups is 1. The molecule has 1 amide bonds. The highest BCUT2D eigenvalue weighted by Crippen LogP contribution is 2.37. The number of amides is 1. The van der Waals surface area contributed by atoms with Crippen molar-refractivity contribution in [3.05, 3.63) is 48.2 Å². The maximum atomic E-state index is 13.1. The summed E-state index contributed by atoms with van der Waals surface area (Å²) in [5.74, 6) is -0.359. The van der Waals surface area contributed by atoms with E-state index in [1.54, 1.807) is 36.4 Å². The third-order valence-corrected chi connectivity index (χ3v) is 7.15. The molecule has 3 heterocycles. The van der Waals surface area contributed by atoms with Crippen LogP contribution in [0, 0.1) is 6.92 Å². The van der Waals surface area contributed by atoms with E-state index in [0.717, 1.165) is 26.2 Å². The molecule has 1 aliphatic heterocycles. The number of fused-ring (bicyclic) bond motifs is 1. The molecule has 0 fully saturated rings. The van der Waals surface area contributed by atoms with Gasteiger partial charge in [-0.3, -0.25) is 14.2 Å². The summed E-state index contributed by atoms with van der Waals surface area (Å²) in [6.45, 7) is 1.64. The summed E-state index contributed by atoms with van der Waals surface area (Å²) in [6, 6.07) is 12.0. The number of H-pyrrole nitrogens is 1. The van der Waals surface area contributed by atoms with Gasteiger partial charge in [-0.2, -0.15) is 5.10 Å². The summed E-state index contributed by atoms with van der Waals surface area (Å²) in [5, 5.41) is 9.69. The highest BCUT2D eigenvalue weighted by Gasteiger charge is 2.33. The van der Waals surface area contributed by atoms with Crippen LogP contribution in [-0.4, -0.2) is 31.1 Å². The van der Waals surface area contributed by atoms with E-state index in [4.69, 9.17) is 0 Å². The minimum absolute atomic E-state index is 0.174. The van der Waals surface area contributed by atoms with E-state index in [-0.39, 0.29) is 16.7 Å². The highest BCUT2D eigenvalue weighted by atomic mass is 32.2. The van der Waals surface area contributed by atoms with Gasteiger partial charge in [0.2, 0.25) is 5.91 Å². The van der Waals surface area contributed by atoms with E-state index in [2.05, 4.69) is 15.5 Å². The normalized spacial score (nSPS) is 14.3. The Morgan fingerprint density at radius 3 is 2.76 bits per heavy atom. The van der Waals surface area contributed by atoms with Gasteiger partial charge in [0.25, 0.3) is 10.0 Å². The van der Waals surface area contributed by atoms with E-state index in [9.17, 15) is 13.2 Å². The van der Waals surface area contributed by atoms with E-state index < -0.39 is 10.0 Å². The number of thiophene rings is 1. The van der Waals surface area contributed by atoms with Gasteiger partial charge >= 0.3 is 0 Å². The second-order valence-electron chi connectivity index (χ2n) is 5.63. The molecule has 9 heteroatoms. The number of aromatic nitrogens is 2. The number of nitrogens with zero attached hydrogens (tertiary/aromatic N) is 2. The molecule has 1 aromatic carbocycles. The van der Waals surface area contributed by atoms with Crippen molar-refractivity contribution in [2.75, 3.05) is 16.2 Å².